The summed E-state index contributed by atoms with van der Waals surface area (Å²) in [5.74, 6) is -0.0242. The number of furan rings is 1. The highest BCUT2D eigenvalue weighted by Crippen LogP contribution is 2.39. The predicted octanol–water partition coefficient (Wildman–Crippen LogP) is 2.66. The van der Waals surface area contributed by atoms with Crippen LogP contribution in [0, 0.1) is 10.1 Å². The van der Waals surface area contributed by atoms with Crippen LogP contribution < -0.4 is 10.7 Å². The van der Waals surface area contributed by atoms with Crippen molar-refractivity contribution in [3.8, 4) is 0 Å². The lowest BCUT2D eigenvalue weighted by Crippen LogP contribution is -2.46. The third kappa shape index (κ3) is 3.49. The highest BCUT2D eigenvalue weighted by Gasteiger charge is 2.36. The van der Waals surface area contributed by atoms with E-state index < -0.39 is 10.3 Å². The maximum absolute atomic E-state index is 12.1. The fraction of sp³-hybridized carbons (Fsp3) is 0.143. The zero-order valence-electron chi connectivity index (χ0n) is 12.2. The van der Waals surface area contributed by atoms with Gasteiger partial charge in [0.05, 0.1) is 11.8 Å². The number of para-hydroxylation sites is 1. The van der Waals surface area contributed by atoms with Gasteiger partial charge in [0.2, 0.25) is 0 Å². The molecule has 124 valence electrons. The number of hydrogen-bond acceptors (Lipinski definition) is 6. The summed E-state index contributed by atoms with van der Waals surface area (Å²) in [4.78, 5) is 22.2. The molecule has 0 bridgehead atoms. The molecule has 1 aromatic carbocycles. The molecule has 0 saturated carbocycles. The SMILES string of the molecule is O=C1CS[C@@H](c2ccc([N+](=O)[O-])o2)N1NC(=S)Nc1ccccc1. The van der Waals surface area contributed by atoms with E-state index in [1.807, 2.05) is 30.3 Å². The van der Waals surface area contributed by atoms with Crippen LogP contribution in [0.5, 0.6) is 0 Å². The summed E-state index contributed by atoms with van der Waals surface area (Å²) in [6.45, 7) is 0. The van der Waals surface area contributed by atoms with E-state index in [1.54, 1.807) is 0 Å². The molecule has 0 unspecified atom stereocenters. The molecule has 1 aromatic heterocycles. The van der Waals surface area contributed by atoms with Gasteiger partial charge in [-0.15, -0.1) is 11.8 Å². The number of rotatable bonds is 4. The quantitative estimate of drug-likeness (QED) is 0.485. The number of hydrogen-bond donors (Lipinski definition) is 2. The highest BCUT2D eigenvalue weighted by atomic mass is 32.2. The second-order valence-electron chi connectivity index (χ2n) is 4.79. The van der Waals surface area contributed by atoms with Crippen LogP contribution in [0.4, 0.5) is 11.6 Å². The standard InChI is InChI=1S/C14H12N4O4S2/c19-11-8-24-13(10-6-7-12(22-10)18(20)21)17(11)16-14(23)15-9-4-2-1-3-5-9/h1-7,13H,8H2,(H2,15,16,23)/t13-/m0/s1. The van der Waals surface area contributed by atoms with E-state index >= 15 is 0 Å². The molecule has 1 saturated heterocycles. The Bertz CT molecular complexity index is 780. The van der Waals surface area contributed by atoms with Gasteiger partial charge in [-0.25, -0.2) is 5.01 Å². The van der Waals surface area contributed by atoms with Crippen molar-refractivity contribution in [1.82, 2.24) is 10.4 Å². The maximum Gasteiger partial charge on any atom is 0.433 e. The summed E-state index contributed by atoms with van der Waals surface area (Å²) in [5, 5.41) is 14.7. The van der Waals surface area contributed by atoms with E-state index in [2.05, 4.69) is 10.7 Å². The number of amides is 1. The lowest BCUT2D eigenvalue weighted by atomic mass is 10.3. The van der Waals surface area contributed by atoms with E-state index in [4.69, 9.17) is 16.6 Å². The largest absolute Gasteiger partial charge is 0.433 e. The number of nitrogens with zero attached hydrogens (tertiary/aromatic N) is 2. The van der Waals surface area contributed by atoms with Crippen molar-refractivity contribution < 1.29 is 14.1 Å². The minimum Gasteiger partial charge on any atom is -0.403 e. The van der Waals surface area contributed by atoms with E-state index in [9.17, 15) is 14.9 Å². The molecule has 1 amide bonds. The normalized spacial score (nSPS) is 16.9. The van der Waals surface area contributed by atoms with Gasteiger partial charge >= 0.3 is 5.88 Å². The Balaban J connectivity index is 1.71. The number of nitrogens with one attached hydrogen (secondary N) is 2. The second-order valence-corrected chi connectivity index (χ2v) is 6.27. The number of carbonyl (C=O) groups excluding carboxylic acids is 1. The third-order valence-corrected chi connectivity index (χ3v) is 4.52. The molecule has 1 aliphatic heterocycles. The van der Waals surface area contributed by atoms with Crippen molar-refractivity contribution in [2.24, 2.45) is 0 Å². The van der Waals surface area contributed by atoms with Crippen LogP contribution in [0.25, 0.3) is 0 Å². The summed E-state index contributed by atoms with van der Waals surface area (Å²) < 4.78 is 5.19. The van der Waals surface area contributed by atoms with Crippen molar-refractivity contribution in [2.75, 3.05) is 11.1 Å². The average molecular weight is 364 g/mol. The fourth-order valence-electron chi connectivity index (χ4n) is 2.12. The molecule has 0 radical (unpaired) electrons. The number of carbonyl (C=O) groups is 1. The Labute approximate surface area is 146 Å². The lowest BCUT2D eigenvalue weighted by molar-refractivity contribution is -0.402. The summed E-state index contributed by atoms with van der Waals surface area (Å²) >= 11 is 6.51. The summed E-state index contributed by atoms with van der Waals surface area (Å²) in [7, 11) is 0. The second kappa shape index (κ2) is 6.89. The Morgan fingerprint density at radius 1 is 1.33 bits per heavy atom. The summed E-state index contributed by atoms with van der Waals surface area (Å²) in [5.41, 5.74) is 3.59. The third-order valence-electron chi connectivity index (χ3n) is 3.16. The molecular formula is C14H12N4O4S2. The van der Waals surface area contributed by atoms with E-state index in [1.165, 1.54) is 28.9 Å². The molecule has 2 aromatic rings. The Kier molecular flexibility index (Phi) is 4.67. The molecule has 10 heteroatoms. The van der Waals surface area contributed by atoms with Crippen molar-refractivity contribution in [1.29, 1.82) is 0 Å². The van der Waals surface area contributed by atoms with Gasteiger partial charge in [0, 0.05) is 5.69 Å². The van der Waals surface area contributed by atoms with Crippen molar-refractivity contribution in [3.05, 3.63) is 58.3 Å². The smallest absolute Gasteiger partial charge is 0.403 e. The van der Waals surface area contributed by atoms with Crippen LogP contribution in [-0.2, 0) is 4.79 Å². The maximum atomic E-state index is 12.1. The Morgan fingerprint density at radius 3 is 2.75 bits per heavy atom. The van der Waals surface area contributed by atoms with Gasteiger partial charge in [-0.1, -0.05) is 18.2 Å². The summed E-state index contributed by atoms with van der Waals surface area (Å²) in [6, 6.07) is 12.0. The van der Waals surface area contributed by atoms with Gasteiger partial charge in [0.25, 0.3) is 5.91 Å². The Morgan fingerprint density at radius 2 is 2.08 bits per heavy atom. The molecule has 2 N–H and O–H groups in total. The number of anilines is 1. The van der Waals surface area contributed by atoms with Gasteiger partial charge in [0.15, 0.2) is 10.5 Å². The molecule has 3 rings (SSSR count). The summed E-state index contributed by atoms with van der Waals surface area (Å²) in [6.07, 6.45) is 0. The number of benzene rings is 1. The van der Waals surface area contributed by atoms with Crippen molar-refractivity contribution in [3.63, 3.8) is 0 Å². The molecule has 2 heterocycles. The van der Waals surface area contributed by atoms with Crippen molar-refractivity contribution >= 4 is 46.6 Å². The topological polar surface area (TPSA) is 101 Å². The minimum atomic E-state index is -0.621. The number of thiocarbonyl (C=S) groups is 1. The average Bonchev–Trinajstić information content (AvgIpc) is 3.16. The lowest BCUT2D eigenvalue weighted by Gasteiger charge is -2.24. The molecule has 1 atom stereocenters. The first-order chi connectivity index (χ1) is 11.5. The number of thioether (sulfide) groups is 1. The van der Waals surface area contributed by atoms with Crippen LogP contribution >= 0.6 is 24.0 Å². The van der Waals surface area contributed by atoms with E-state index in [0.29, 0.717) is 5.76 Å². The molecule has 1 aliphatic rings. The molecule has 1 fully saturated rings. The van der Waals surface area contributed by atoms with Gasteiger partial charge in [-0.05, 0) is 30.4 Å². The highest BCUT2D eigenvalue weighted by molar-refractivity contribution is 8.00. The zero-order valence-corrected chi connectivity index (χ0v) is 13.8. The monoisotopic (exact) mass is 364 g/mol. The first-order valence-corrected chi connectivity index (χ1v) is 8.31. The van der Waals surface area contributed by atoms with Gasteiger partial charge < -0.3 is 9.73 Å². The number of hydrazine groups is 1. The van der Waals surface area contributed by atoms with E-state index in [-0.39, 0.29) is 22.7 Å². The molecule has 24 heavy (non-hydrogen) atoms. The van der Waals surface area contributed by atoms with Gasteiger partial charge in [0.1, 0.15) is 10.7 Å². The molecule has 0 spiro atoms. The minimum absolute atomic E-state index is 0.193. The predicted molar refractivity (Wildman–Crippen MR) is 93.2 cm³/mol. The Hall–Kier alpha value is -2.59. The molecular weight excluding hydrogens is 352 g/mol. The number of nitro groups is 1. The molecule has 8 nitrogen and oxygen atoms in total. The van der Waals surface area contributed by atoms with Crippen LogP contribution in [-0.4, -0.2) is 26.7 Å². The van der Waals surface area contributed by atoms with Crippen LogP contribution in [0.15, 0.2) is 46.9 Å². The van der Waals surface area contributed by atoms with Gasteiger partial charge in [-0.3, -0.25) is 20.3 Å². The van der Waals surface area contributed by atoms with Gasteiger partial charge in [-0.2, -0.15) is 0 Å². The first-order valence-electron chi connectivity index (χ1n) is 6.85. The first kappa shape index (κ1) is 16.3. The fourth-order valence-corrected chi connectivity index (χ4v) is 3.38. The zero-order chi connectivity index (χ0) is 17.1. The molecule has 0 aliphatic carbocycles. The van der Waals surface area contributed by atoms with Crippen LogP contribution in [0.1, 0.15) is 11.1 Å². The van der Waals surface area contributed by atoms with Crippen LogP contribution in [0.2, 0.25) is 0 Å². The van der Waals surface area contributed by atoms with Crippen molar-refractivity contribution in [2.45, 2.75) is 5.37 Å². The van der Waals surface area contributed by atoms with Crippen LogP contribution in [0.3, 0.4) is 0 Å². The van der Waals surface area contributed by atoms with E-state index in [0.717, 1.165) is 5.69 Å².